The third kappa shape index (κ3) is 1.90. The highest BCUT2D eigenvalue weighted by Gasteiger charge is 2.17. The molecular weight excluding hydrogens is 222 g/mol. The second-order valence-electron chi connectivity index (χ2n) is 5.02. The molecule has 2 aromatic rings. The number of aryl methyl sites for hydroxylation is 2. The highest BCUT2D eigenvalue weighted by Crippen LogP contribution is 2.28. The lowest BCUT2D eigenvalue weighted by Crippen LogP contribution is -2.20. The van der Waals surface area contributed by atoms with E-state index < -0.39 is 0 Å². The second kappa shape index (κ2) is 4.48. The van der Waals surface area contributed by atoms with Gasteiger partial charge in [-0.05, 0) is 44.9 Å². The highest BCUT2D eigenvalue weighted by molar-refractivity contribution is 5.63. The monoisotopic (exact) mass is 241 g/mol. The minimum Gasteiger partial charge on any atom is -0.370 e. The van der Waals surface area contributed by atoms with Gasteiger partial charge in [-0.3, -0.25) is 0 Å². The first kappa shape index (κ1) is 11.3. The van der Waals surface area contributed by atoms with Crippen molar-refractivity contribution in [3.05, 3.63) is 41.7 Å². The van der Waals surface area contributed by atoms with Crippen molar-refractivity contribution in [1.82, 2.24) is 9.78 Å². The van der Waals surface area contributed by atoms with E-state index in [9.17, 15) is 0 Å². The second-order valence-corrected chi connectivity index (χ2v) is 5.02. The fourth-order valence-corrected chi connectivity index (χ4v) is 2.74. The number of benzene rings is 1. The number of hydrogen-bond acceptors (Lipinski definition) is 2. The maximum absolute atomic E-state index is 4.60. The maximum atomic E-state index is 4.60. The molecule has 0 unspecified atom stereocenters. The number of anilines is 1. The zero-order valence-electron chi connectivity index (χ0n) is 11.1. The molecule has 3 nitrogen and oxygen atoms in total. The van der Waals surface area contributed by atoms with Crippen molar-refractivity contribution in [1.29, 1.82) is 0 Å². The number of para-hydroxylation sites is 2. The Labute approximate surface area is 108 Å². The standard InChI is InChI=1S/C15H19N3/c1-12-11-13(2)18(16-12)15-8-4-3-7-14(15)17-9-5-6-10-17/h3-4,7-8,11H,5-6,9-10H2,1-2H3. The third-order valence-electron chi connectivity index (χ3n) is 3.57. The van der Waals surface area contributed by atoms with Crippen molar-refractivity contribution in [2.24, 2.45) is 0 Å². The fourth-order valence-electron chi connectivity index (χ4n) is 2.74. The summed E-state index contributed by atoms with van der Waals surface area (Å²) in [6, 6.07) is 10.7. The van der Waals surface area contributed by atoms with Crippen LogP contribution in [0.15, 0.2) is 30.3 Å². The molecule has 1 aromatic carbocycles. The van der Waals surface area contributed by atoms with Crippen LogP contribution in [0.1, 0.15) is 24.2 Å². The maximum Gasteiger partial charge on any atom is 0.0882 e. The summed E-state index contributed by atoms with van der Waals surface area (Å²) < 4.78 is 2.06. The van der Waals surface area contributed by atoms with Gasteiger partial charge >= 0.3 is 0 Å². The predicted molar refractivity (Wildman–Crippen MR) is 74.5 cm³/mol. The van der Waals surface area contributed by atoms with Crippen LogP contribution in [-0.2, 0) is 0 Å². The molecule has 1 aliphatic rings. The Bertz CT molecular complexity index is 551. The fraction of sp³-hybridized carbons (Fsp3) is 0.400. The van der Waals surface area contributed by atoms with Crippen LogP contribution in [0.3, 0.4) is 0 Å². The molecule has 94 valence electrons. The SMILES string of the molecule is Cc1cc(C)n(-c2ccccc2N2CCCC2)n1. The third-order valence-corrected chi connectivity index (χ3v) is 3.57. The Morgan fingerprint density at radius 3 is 2.28 bits per heavy atom. The molecule has 0 bridgehead atoms. The van der Waals surface area contributed by atoms with Gasteiger partial charge in [-0.25, -0.2) is 4.68 Å². The van der Waals surface area contributed by atoms with Crippen LogP contribution in [0, 0.1) is 13.8 Å². The van der Waals surface area contributed by atoms with Crippen LogP contribution in [0.25, 0.3) is 5.69 Å². The molecule has 18 heavy (non-hydrogen) atoms. The Kier molecular flexibility index (Phi) is 2.82. The lowest BCUT2D eigenvalue weighted by molar-refractivity contribution is 0.823. The molecule has 1 saturated heterocycles. The summed E-state index contributed by atoms with van der Waals surface area (Å²) in [6.45, 7) is 6.48. The van der Waals surface area contributed by atoms with Gasteiger partial charge in [-0.2, -0.15) is 5.10 Å². The molecule has 0 atom stereocenters. The number of hydrogen-bond donors (Lipinski definition) is 0. The summed E-state index contributed by atoms with van der Waals surface area (Å²) in [4.78, 5) is 2.46. The van der Waals surface area contributed by atoms with E-state index in [1.807, 2.05) is 6.92 Å². The van der Waals surface area contributed by atoms with Gasteiger partial charge in [0.05, 0.1) is 17.1 Å². The molecule has 0 radical (unpaired) electrons. The molecule has 1 fully saturated rings. The largest absolute Gasteiger partial charge is 0.370 e. The van der Waals surface area contributed by atoms with Crippen LogP contribution in [0.4, 0.5) is 5.69 Å². The van der Waals surface area contributed by atoms with E-state index in [4.69, 9.17) is 0 Å². The van der Waals surface area contributed by atoms with Crippen LogP contribution in [0.2, 0.25) is 0 Å². The normalized spacial score (nSPS) is 15.3. The molecule has 0 N–H and O–H groups in total. The van der Waals surface area contributed by atoms with Gasteiger partial charge in [0.25, 0.3) is 0 Å². The minimum atomic E-state index is 1.07. The zero-order chi connectivity index (χ0) is 12.5. The molecular formula is C15H19N3. The molecule has 0 saturated carbocycles. The average molecular weight is 241 g/mol. The van der Waals surface area contributed by atoms with Crippen molar-refractivity contribution >= 4 is 5.69 Å². The number of nitrogens with zero attached hydrogens (tertiary/aromatic N) is 3. The molecule has 0 amide bonds. The summed E-state index contributed by atoms with van der Waals surface area (Å²) in [5, 5.41) is 4.60. The topological polar surface area (TPSA) is 21.1 Å². The molecule has 2 heterocycles. The Morgan fingerprint density at radius 1 is 1.00 bits per heavy atom. The van der Waals surface area contributed by atoms with Crippen LogP contribution < -0.4 is 4.90 Å². The minimum absolute atomic E-state index is 1.07. The van der Waals surface area contributed by atoms with Gasteiger partial charge in [0.15, 0.2) is 0 Å². The Balaban J connectivity index is 2.08. The first-order chi connectivity index (χ1) is 8.75. The van der Waals surface area contributed by atoms with Crippen LogP contribution in [0.5, 0.6) is 0 Å². The average Bonchev–Trinajstić information content (AvgIpc) is 2.99. The highest BCUT2D eigenvalue weighted by atomic mass is 15.3. The van der Waals surface area contributed by atoms with Gasteiger partial charge < -0.3 is 4.90 Å². The molecule has 1 aliphatic heterocycles. The molecule has 3 heteroatoms. The zero-order valence-corrected chi connectivity index (χ0v) is 11.1. The summed E-state index contributed by atoms with van der Waals surface area (Å²) in [5.41, 5.74) is 4.77. The lowest BCUT2D eigenvalue weighted by atomic mass is 10.2. The van der Waals surface area contributed by atoms with Crippen molar-refractivity contribution in [2.75, 3.05) is 18.0 Å². The first-order valence-electron chi connectivity index (χ1n) is 6.63. The molecule has 3 rings (SSSR count). The smallest absolute Gasteiger partial charge is 0.0882 e. The first-order valence-corrected chi connectivity index (χ1v) is 6.63. The number of rotatable bonds is 2. The lowest BCUT2D eigenvalue weighted by Gasteiger charge is -2.21. The van der Waals surface area contributed by atoms with E-state index in [1.165, 1.54) is 29.9 Å². The summed E-state index contributed by atoms with van der Waals surface area (Å²) in [6.07, 6.45) is 2.59. The van der Waals surface area contributed by atoms with E-state index in [1.54, 1.807) is 0 Å². The Hall–Kier alpha value is -1.77. The predicted octanol–water partition coefficient (Wildman–Crippen LogP) is 3.09. The van der Waals surface area contributed by atoms with Crippen molar-refractivity contribution < 1.29 is 0 Å². The van der Waals surface area contributed by atoms with E-state index >= 15 is 0 Å². The van der Waals surface area contributed by atoms with E-state index in [0.29, 0.717) is 0 Å². The summed E-state index contributed by atoms with van der Waals surface area (Å²) >= 11 is 0. The molecule has 1 aromatic heterocycles. The van der Waals surface area contributed by atoms with Gasteiger partial charge in [0, 0.05) is 18.8 Å². The van der Waals surface area contributed by atoms with Gasteiger partial charge in [-0.15, -0.1) is 0 Å². The van der Waals surface area contributed by atoms with Gasteiger partial charge in [-0.1, -0.05) is 12.1 Å². The molecule has 0 aliphatic carbocycles. The van der Waals surface area contributed by atoms with E-state index in [2.05, 4.69) is 51.9 Å². The number of aromatic nitrogens is 2. The molecule has 0 spiro atoms. The van der Waals surface area contributed by atoms with Crippen molar-refractivity contribution in [2.45, 2.75) is 26.7 Å². The van der Waals surface area contributed by atoms with E-state index in [-0.39, 0.29) is 0 Å². The van der Waals surface area contributed by atoms with Crippen molar-refractivity contribution in [3.63, 3.8) is 0 Å². The summed E-state index contributed by atoms with van der Waals surface area (Å²) in [7, 11) is 0. The Morgan fingerprint density at radius 2 is 1.67 bits per heavy atom. The van der Waals surface area contributed by atoms with Crippen LogP contribution >= 0.6 is 0 Å². The van der Waals surface area contributed by atoms with Crippen molar-refractivity contribution in [3.8, 4) is 5.69 Å². The quantitative estimate of drug-likeness (QED) is 0.805. The van der Waals surface area contributed by atoms with Gasteiger partial charge in [0.2, 0.25) is 0 Å². The summed E-state index contributed by atoms with van der Waals surface area (Å²) in [5.74, 6) is 0. The van der Waals surface area contributed by atoms with Crippen LogP contribution in [-0.4, -0.2) is 22.9 Å². The van der Waals surface area contributed by atoms with E-state index in [0.717, 1.165) is 18.8 Å². The van der Waals surface area contributed by atoms with Gasteiger partial charge in [0.1, 0.15) is 0 Å².